The molecular formula is C21H42O5. The van der Waals surface area contributed by atoms with Crippen molar-refractivity contribution >= 4 is 5.97 Å². The number of unbranched alkanes of at least 4 members (excludes halogenated alkanes) is 13. The summed E-state index contributed by atoms with van der Waals surface area (Å²) >= 11 is 0. The van der Waals surface area contributed by atoms with Crippen LogP contribution in [0.2, 0.25) is 0 Å². The van der Waals surface area contributed by atoms with Crippen LogP contribution in [0.25, 0.3) is 0 Å². The minimum atomic E-state index is -1.57. The molecule has 0 aromatic carbocycles. The van der Waals surface area contributed by atoms with Gasteiger partial charge in [0.2, 0.25) is 0 Å². The molecule has 5 heteroatoms. The Morgan fingerprint density at radius 1 is 0.654 bits per heavy atom. The Labute approximate surface area is 160 Å². The van der Waals surface area contributed by atoms with Crippen LogP contribution in [-0.4, -0.2) is 47.7 Å². The van der Waals surface area contributed by atoms with Crippen LogP contribution >= 0.6 is 0 Å². The largest absolute Gasteiger partial charge is 0.465 e. The molecule has 0 aromatic heterocycles. The first-order valence-electron chi connectivity index (χ1n) is 10.7. The van der Waals surface area contributed by atoms with Gasteiger partial charge in [-0.2, -0.15) is 0 Å². The van der Waals surface area contributed by atoms with Gasteiger partial charge < -0.3 is 20.1 Å². The van der Waals surface area contributed by atoms with Gasteiger partial charge in [-0.15, -0.1) is 0 Å². The molecule has 0 atom stereocenters. The summed E-state index contributed by atoms with van der Waals surface area (Å²) in [4.78, 5) is 11.8. The number of rotatable bonds is 19. The lowest BCUT2D eigenvalue weighted by Crippen LogP contribution is -2.43. The van der Waals surface area contributed by atoms with E-state index in [2.05, 4.69) is 6.92 Å². The summed E-state index contributed by atoms with van der Waals surface area (Å²) in [7, 11) is 0. The van der Waals surface area contributed by atoms with Crippen LogP contribution in [0.4, 0.5) is 0 Å². The van der Waals surface area contributed by atoms with Crippen LogP contribution < -0.4 is 0 Å². The molecule has 156 valence electrons. The van der Waals surface area contributed by atoms with Gasteiger partial charge >= 0.3 is 5.97 Å². The van der Waals surface area contributed by atoms with Gasteiger partial charge in [0.05, 0.1) is 26.4 Å². The third-order valence-electron chi connectivity index (χ3n) is 5.07. The van der Waals surface area contributed by atoms with Gasteiger partial charge in [0.1, 0.15) is 5.41 Å². The maximum Gasteiger partial charge on any atom is 0.319 e. The maximum absolute atomic E-state index is 11.8. The third-order valence-corrected chi connectivity index (χ3v) is 5.07. The van der Waals surface area contributed by atoms with Crippen molar-refractivity contribution in [1.82, 2.24) is 0 Å². The van der Waals surface area contributed by atoms with Gasteiger partial charge in [-0.3, -0.25) is 4.79 Å². The summed E-state index contributed by atoms with van der Waals surface area (Å²) < 4.78 is 5.07. The second-order valence-corrected chi connectivity index (χ2v) is 7.49. The van der Waals surface area contributed by atoms with Gasteiger partial charge in [-0.05, 0) is 6.42 Å². The zero-order chi connectivity index (χ0) is 19.5. The van der Waals surface area contributed by atoms with E-state index in [-0.39, 0.29) is 6.61 Å². The Hall–Kier alpha value is -0.650. The van der Waals surface area contributed by atoms with Gasteiger partial charge in [-0.25, -0.2) is 0 Å². The van der Waals surface area contributed by atoms with Crippen molar-refractivity contribution in [2.45, 2.75) is 96.8 Å². The lowest BCUT2D eigenvalue weighted by Gasteiger charge is -2.24. The SMILES string of the molecule is CCCCCCCCCCCCCCCCOC(=O)C(CO)(CO)CO. The topological polar surface area (TPSA) is 87.0 Å². The predicted molar refractivity (Wildman–Crippen MR) is 105 cm³/mol. The van der Waals surface area contributed by atoms with Crippen molar-refractivity contribution in [3.05, 3.63) is 0 Å². The first kappa shape index (κ1) is 25.4. The number of aliphatic hydroxyl groups is 3. The monoisotopic (exact) mass is 374 g/mol. The quantitative estimate of drug-likeness (QED) is 0.235. The number of carbonyl (C=O) groups is 1. The molecule has 0 radical (unpaired) electrons. The van der Waals surface area contributed by atoms with Crippen molar-refractivity contribution < 1.29 is 24.9 Å². The van der Waals surface area contributed by atoms with Gasteiger partial charge in [-0.1, -0.05) is 90.4 Å². The highest BCUT2D eigenvalue weighted by Gasteiger charge is 2.38. The Morgan fingerprint density at radius 3 is 1.35 bits per heavy atom. The number of ether oxygens (including phenoxy) is 1. The molecular weight excluding hydrogens is 332 g/mol. The van der Waals surface area contributed by atoms with Crippen LogP contribution in [0, 0.1) is 5.41 Å². The lowest BCUT2D eigenvalue weighted by atomic mass is 9.91. The van der Waals surface area contributed by atoms with E-state index in [4.69, 9.17) is 20.1 Å². The van der Waals surface area contributed by atoms with Crippen molar-refractivity contribution in [3.63, 3.8) is 0 Å². The maximum atomic E-state index is 11.8. The molecule has 3 N–H and O–H groups in total. The Bertz CT molecular complexity index is 307. The standard InChI is InChI=1S/C21H42O5/c1-2-3-4-5-6-7-8-9-10-11-12-13-14-15-16-26-20(25)21(17-22,18-23)19-24/h22-24H,2-19H2,1H3. The molecule has 0 heterocycles. The first-order chi connectivity index (χ1) is 12.7. The Morgan fingerprint density at radius 2 is 1.00 bits per heavy atom. The highest BCUT2D eigenvalue weighted by Crippen LogP contribution is 2.17. The summed E-state index contributed by atoms with van der Waals surface area (Å²) in [6.07, 6.45) is 17.7. The molecule has 0 unspecified atom stereocenters. The van der Waals surface area contributed by atoms with E-state index in [0.717, 1.165) is 19.3 Å². The van der Waals surface area contributed by atoms with Gasteiger partial charge in [0, 0.05) is 0 Å². The van der Waals surface area contributed by atoms with E-state index in [1.165, 1.54) is 70.6 Å². The van der Waals surface area contributed by atoms with Gasteiger partial charge in [0.25, 0.3) is 0 Å². The summed E-state index contributed by atoms with van der Waals surface area (Å²) in [6, 6.07) is 0. The fourth-order valence-corrected chi connectivity index (χ4v) is 2.96. The normalized spacial score (nSPS) is 11.7. The summed E-state index contributed by atoms with van der Waals surface area (Å²) in [6.45, 7) is 0.689. The van der Waals surface area contributed by atoms with E-state index in [1.807, 2.05) is 0 Å². The molecule has 0 rings (SSSR count). The second-order valence-electron chi connectivity index (χ2n) is 7.49. The highest BCUT2D eigenvalue weighted by molar-refractivity contribution is 5.77. The van der Waals surface area contributed by atoms with E-state index in [9.17, 15) is 4.79 Å². The molecule has 5 nitrogen and oxygen atoms in total. The molecule has 26 heavy (non-hydrogen) atoms. The van der Waals surface area contributed by atoms with Crippen LogP contribution in [-0.2, 0) is 9.53 Å². The Balaban J connectivity index is 3.37. The van der Waals surface area contributed by atoms with E-state index in [1.54, 1.807) is 0 Å². The molecule has 0 fully saturated rings. The second kappa shape index (κ2) is 17.7. The van der Waals surface area contributed by atoms with Crippen molar-refractivity contribution in [3.8, 4) is 0 Å². The molecule has 0 spiro atoms. The number of hydrogen-bond acceptors (Lipinski definition) is 5. The highest BCUT2D eigenvalue weighted by atomic mass is 16.5. The lowest BCUT2D eigenvalue weighted by molar-refractivity contribution is -0.165. The average molecular weight is 375 g/mol. The van der Waals surface area contributed by atoms with Crippen LogP contribution in [0.5, 0.6) is 0 Å². The summed E-state index contributed by atoms with van der Waals surface area (Å²) in [5, 5.41) is 27.5. The summed E-state index contributed by atoms with van der Waals surface area (Å²) in [5.74, 6) is -0.723. The van der Waals surface area contributed by atoms with Crippen molar-refractivity contribution in [2.75, 3.05) is 26.4 Å². The van der Waals surface area contributed by atoms with Crippen LogP contribution in [0.1, 0.15) is 96.8 Å². The van der Waals surface area contributed by atoms with Crippen molar-refractivity contribution in [2.24, 2.45) is 5.41 Å². The zero-order valence-corrected chi connectivity index (χ0v) is 16.9. The van der Waals surface area contributed by atoms with E-state index in [0.29, 0.717) is 0 Å². The smallest absolute Gasteiger partial charge is 0.319 e. The number of aliphatic hydroxyl groups excluding tert-OH is 3. The molecule has 0 saturated heterocycles. The number of esters is 1. The number of hydrogen-bond donors (Lipinski definition) is 3. The molecule has 0 saturated carbocycles. The summed E-state index contributed by atoms with van der Waals surface area (Å²) in [5.41, 5.74) is -1.57. The minimum absolute atomic E-state index is 0.276. The van der Waals surface area contributed by atoms with Gasteiger partial charge in [0.15, 0.2) is 0 Å². The number of carbonyl (C=O) groups excluding carboxylic acids is 1. The fourth-order valence-electron chi connectivity index (χ4n) is 2.96. The molecule has 0 amide bonds. The molecule has 0 aliphatic rings. The first-order valence-corrected chi connectivity index (χ1v) is 10.7. The molecule has 0 aliphatic heterocycles. The zero-order valence-electron chi connectivity index (χ0n) is 16.9. The molecule has 0 aliphatic carbocycles. The third kappa shape index (κ3) is 11.9. The van der Waals surface area contributed by atoms with Crippen LogP contribution in [0.3, 0.4) is 0 Å². The average Bonchev–Trinajstić information content (AvgIpc) is 2.66. The fraction of sp³-hybridized carbons (Fsp3) is 0.952. The minimum Gasteiger partial charge on any atom is -0.465 e. The Kier molecular flexibility index (Phi) is 17.3. The molecule has 0 aromatic rings. The molecule has 0 bridgehead atoms. The predicted octanol–water partition coefficient (Wildman–Crippen LogP) is 3.97. The van der Waals surface area contributed by atoms with Crippen LogP contribution in [0.15, 0.2) is 0 Å². The van der Waals surface area contributed by atoms with Crippen molar-refractivity contribution in [1.29, 1.82) is 0 Å². The van der Waals surface area contributed by atoms with E-state index < -0.39 is 31.2 Å². The van der Waals surface area contributed by atoms with E-state index >= 15 is 0 Å².